The molecule has 2 rings (SSSR count). The highest BCUT2D eigenvalue weighted by Crippen LogP contribution is 2.18. The Kier molecular flexibility index (Phi) is 5.59. The fourth-order valence-electron chi connectivity index (χ4n) is 1.60. The molecule has 0 fully saturated rings. The lowest BCUT2D eigenvalue weighted by Crippen LogP contribution is -2.12. The van der Waals surface area contributed by atoms with Gasteiger partial charge in [-0.1, -0.05) is 19.9 Å². The van der Waals surface area contributed by atoms with Crippen LogP contribution in [-0.4, -0.2) is 14.8 Å². The number of aromatic nitrogens is 3. The lowest BCUT2D eigenvalue weighted by molar-refractivity contribution is 0.520. The van der Waals surface area contributed by atoms with Gasteiger partial charge < -0.3 is 0 Å². The second-order valence-corrected chi connectivity index (χ2v) is 3.63. The van der Waals surface area contributed by atoms with Crippen LogP contribution in [0.1, 0.15) is 37.6 Å². The predicted molar refractivity (Wildman–Crippen MR) is 70.9 cm³/mol. The first-order valence-corrected chi connectivity index (χ1v) is 6.10. The van der Waals surface area contributed by atoms with Crippen molar-refractivity contribution in [2.24, 2.45) is 0 Å². The summed E-state index contributed by atoms with van der Waals surface area (Å²) in [4.78, 5) is 4.27. The Morgan fingerprint density at radius 1 is 1.39 bits per heavy atom. The van der Waals surface area contributed by atoms with Crippen LogP contribution in [0.2, 0.25) is 0 Å². The number of nitrogens with zero attached hydrogens (tertiary/aromatic N) is 4. The van der Waals surface area contributed by atoms with E-state index in [1.54, 1.807) is 17.1 Å². The predicted octanol–water partition coefficient (Wildman–Crippen LogP) is 3.12. The highest BCUT2D eigenvalue weighted by molar-refractivity contribution is 5.13. The van der Waals surface area contributed by atoms with E-state index in [1.807, 2.05) is 45.2 Å². The molecule has 0 saturated heterocycles. The van der Waals surface area contributed by atoms with Crippen molar-refractivity contribution in [1.29, 1.82) is 5.26 Å². The first-order valence-electron chi connectivity index (χ1n) is 6.10. The van der Waals surface area contributed by atoms with Crippen molar-refractivity contribution < 1.29 is 0 Å². The monoisotopic (exact) mass is 242 g/mol. The fourth-order valence-corrected chi connectivity index (χ4v) is 1.60. The van der Waals surface area contributed by atoms with Crippen molar-refractivity contribution in [1.82, 2.24) is 14.8 Å². The molecular weight excluding hydrogens is 224 g/mol. The first-order chi connectivity index (χ1) is 8.81. The minimum Gasteiger partial charge on any atom is -0.262 e. The molecule has 0 aliphatic carbocycles. The van der Waals surface area contributed by atoms with Gasteiger partial charge in [-0.15, -0.1) is 0 Å². The highest BCUT2D eigenvalue weighted by Gasteiger charge is 2.14. The Labute approximate surface area is 108 Å². The smallest absolute Gasteiger partial charge is 0.107 e. The quantitative estimate of drug-likeness (QED) is 0.831. The Bertz CT molecular complexity index is 496. The van der Waals surface area contributed by atoms with Crippen LogP contribution < -0.4 is 0 Å². The summed E-state index contributed by atoms with van der Waals surface area (Å²) < 4.78 is 1.79. The van der Waals surface area contributed by atoms with Gasteiger partial charge in [0.25, 0.3) is 0 Å². The normalized spacial score (nSPS) is 11.0. The third-order valence-electron chi connectivity index (χ3n) is 2.36. The lowest BCUT2D eigenvalue weighted by atomic mass is 10.1. The summed E-state index contributed by atoms with van der Waals surface area (Å²) in [6, 6.07) is 7.77. The van der Waals surface area contributed by atoms with Crippen molar-refractivity contribution in [3.8, 4) is 6.07 Å². The molecule has 2 heterocycles. The topological polar surface area (TPSA) is 54.5 Å². The van der Waals surface area contributed by atoms with Crippen molar-refractivity contribution >= 4 is 0 Å². The van der Waals surface area contributed by atoms with Gasteiger partial charge in [0.05, 0.1) is 24.4 Å². The van der Waals surface area contributed by atoms with E-state index in [2.05, 4.69) is 16.2 Å². The van der Waals surface area contributed by atoms with E-state index in [4.69, 9.17) is 5.26 Å². The number of aryl methyl sites for hydroxylation is 1. The summed E-state index contributed by atoms with van der Waals surface area (Å²) in [7, 11) is 0. The van der Waals surface area contributed by atoms with E-state index in [0.717, 1.165) is 11.3 Å². The molecule has 0 saturated carbocycles. The lowest BCUT2D eigenvalue weighted by Gasteiger charge is -2.13. The largest absolute Gasteiger partial charge is 0.262 e. The number of rotatable bonds is 3. The summed E-state index contributed by atoms with van der Waals surface area (Å²) in [6.45, 7) is 5.98. The second-order valence-electron chi connectivity index (χ2n) is 3.63. The maximum absolute atomic E-state index is 8.85. The molecule has 0 aromatic carbocycles. The molecule has 0 aliphatic heterocycles. The molecule has 2 aromatic rings. The third-order valence-corrected chi connectivity index (χ3v) is 2.36. The Balaban J connectivity index is 0.000000771. The van der Waals surface area contributed by atoms with Crippen molar-refractivity contribution in [3.63, 3.8) is 0 Å². The molecule has 0 aliphatic rings. The van der Waals surface area contributed by atoms with E-state index < -0.39 is 0 Å². The zero-order valence-corrected chi connectivity index (χ0v) is 11.0. The first kappa shape index (κ1) is 13.9. The van der Waals surface area contributed by atoms with Gasteiger partial charge in [-0.25, -0.2) is 0 Å². The summed E-state index contributed by atoms with van der Waals surface area (Å²) in [6.07, 6.45) is 5.82. The zero-order chi connectivity index (χ0) is 13.4. The zero-order valence-electron chi connectivity index (χ0n) is 11.0. The molecule has 0 amide bonds. The van der Waals surface area contributed by atoms with Crippen molar-refractivity contribution in [2.75, 3.05) is 0 Å². The summed E-state index contributed by atoms with van der Waals surface area (Å²) in [5.41, 5.74) is 1.95. The molecule has 1 atom stereocenters. The van der Waals surface area contributed by atoms with Gasteiger partial charge in [-0.3, -0.25) is 9.67 Å². The maximum Gasteiger partial charge on any atom is 0.107 e. The van der Waals surface area contributed by atoms with Crippen LogP contribution in [0, 0.1) is 18.3 Å². The Morgan fingerprint density at radius 2 is 2.17 bits per heavy atom. The average molecular weight is 242 g/mol. The van der Waals surface area contributed by atoms with Crippen LogP contribution >= 0.6 is 0 Å². The molecule has 0 spiro atoms. The van der Waals surface area contributed by atoms with Gasteiger partial charge in [-0.05, 0) is 24.6 Å². The molecule has 0 N–H and O–H groups in total. The van der Waals surface area contributed by atoms with Gasteiger partial charge in [0.15, 0.2) is 0 Å². The second kappa shape index (κ2) is 7.23. The summed E-state index contributed by atoms with van der Waals surface area (Å²) >= 11 is 0. The van der Waals surface area contributed by atoms with Crippen LogP contribution in [0.3, 0.4) is 0 Å². The number of pyridine rings is 1. The van der Waals surface area contributed by atoms with E-state index >= 15 is 0 Å². The van der Waals surface area contributed by atoms with E-state index in [0.29, 0.717) is 6.42 Å². The van der Waals surface area contributed by atoms with Gasteiger partial charge in [0.1, 0.15) is 6.04 Å². The van der Waals surface area contributed by atoms with Gasteiger partial charge >= 0.3 is 0 Å². The standard InChI is InChI=1S/C12H12N4.C2H6/c1-10-8-15-16(9-10)12(5-6-13)11-4-2-3-7-14-11;1-2/h2-4,7-9,12H,5H2,1H3;1-2H3. The molecule has 0 radical (unpaired) electrons. The average Bonchev–Trinajstić information content (AvgIpc) is 2.86. The fraction of sp³-hybridized carbons (Fsp3) is 0.357. The minimum absolute atomic E-state index is 0.0973. The van der Waals surface area contributed by atoms with Crippen LogP contribution in [0.15, 0.2) is 36.8 Å². The molecule has 4 nitrogen and oxygen atoms in total. The SMILES string of the molecule is CC.Cc1cnn(C(CC#N)c2ccccn2)c1. The van der Waals surface area contributed by atoms with Crippen LogP contribution in [0.25, 0.3) is 0 Å². The van der Waals surface area contributed by atoms with Crippen LogP contribution in [0.4, 0.5) is 0 Å². The number of nitriles is 1. The van der Waals surface area contributed by atoms with E-state index in [1.165, 1.54) is 0 Å². The molecule has 94 valence electrons. The highest BCUT2D eigenvalue weighted by atomic mass is 15.3. The van der Waals surface area contributed by atoms with Gasteiger partial charge in [0.2, 0.25) is 0 Å². The van der Waals surface area contributed by atoms with E-state index in [9.17, 15) is 0 Å². The van der Waals surface area contributed by atoms with Crippen LogP contribution in [-0.2, 0) is 0 Å². The Morgan fingerprint density at radius 3 is 2.67 bits per heavy atom. The molecule has 1 unspecified atom stereocenters. The van der Waals surface area contributed by atoms with Crippen molar-refractivity contribution in [2.45, 2.75) is 33.2 Å². The molecule has 2 aromatic heterocycles. The van der Waals surface area contributed by atoms with Gasteiger partial charge in [-0.2, -0.15) is 10.4 Å². The molecule has 0 bridgehead atoms. The maximum atomic E-state index is 8.85. The van der Waals surface area contributed by atoms with Gasteiger partial charge in [0, 0.05) is 12.4 Å². The summed E-state index contributed by atoms with van der Waals surface area (Å²) in [5, 5.41) is 13.1. The number of hydrogen-bond acceptors (Lipinski definition) is 3. The van der Waals surface area contributed by atoms with E-state index in [-0.39, 0.29) is 6.04 Å². The molecule has 18 heavy (non-hydrogen) atoms. The minimum atomic E-state index is -0.0973. The van der Waals surface area contributed by atoms with Crippen LogP contribution in [0.5, 0.6) is 0 Å². The summed E-state index contributed by atoms with van der Waals surface area (Å²) in [5.74, 6) is 0. The molecule has 4 heteroatoms. The molecular formula is C14H18N4. The Hall–Kier alpha value is -2.15. The van der Waals surface area contributed by atoms with Crippen molar-refractivity contribution in [3.05, 3.63) is 48.0 Å². The third kappa shape index (κ3) is 3.42. The number of hydrogen-bond donors (Lipinski definition) is 0.